The second-order valence-corrected chi connectivity index (χ2v) is 10.6. The van der Waals surface area contributed by atoms with Crippen LogP contribution < -0.4 is 14.4 Å². The zero-order valence-corrected chi connectivity index (χ0v) is 22.3. The van der Waals surface area contributed by atoms with E-state index in [9.17, 15) is 18.0 Å². The largest absolute Gasteiger partial charge is 0.497 e. The van der Waals surface area contributed by atoms with Crippen LogP contribution in [-0.4, -0.2) is 57.1 Å². The third kappa shape index (κ3) is 7.99. The number of methoxy groups -OCH3 is 1. The van der Waals surface area contributed by atoms with Crippen LogP contribution in [0.15, 0.2) is 48.5 Å². The molecule has 2 aromatic rings. The van der Waals surface area contributed by atoms with E-state index in [0.717, 1.165) is 28.1 Å². The molecule has 0 heterocycles. The van der Waals surface area contributed by atoms with Crippen molar-refractivity contribution in [1.29, 1.82) is 0 Å². The second kappa shape index (κ2) is 12.6. The molecule has 0 aliphatic carbocycles. The van der Waals surface area contributed by atoms with E-state index in [1.54, 1.807) is 24.3 Å². The lowest BCUT2D eigenvalue weighted by Crippen LogP contribution is -2.53. The van der Waals surface area contributed by atoms with E-state index in [4.69, 9.17) is 4.74 Å². The van der Waals surface area contributed by atoms with E-state index in [1.165, 1.54) is 12.0 Å². The van der Waals surface area contributed by atoms with Gasteiger partial charge in [-0.1, -0.05) is 49.7 Å². The van der Waals surface area contributed by atoms with Crippen molar-refractivity contribution in [2.45, 2.75) is 59.2 Å². The quantitative estimate of drug-likeness (QED) is 0.478. The lowest BCUT2D eigenvalue weighted by Gasteiger charge is -2.33. The molecule has 1 N–H and O–H groups in total. The molecule has 0 radical (unpaired) electrons. The minimum Gasteiger partial charge on any atom is -0.497 e. The molecule has 0 aliphatic rings. The summed E-state index contributed by atoms with van der Waals surface area (Å²) in [6, 6.07) is 13.4. The van der Waals surface area contributed by atoms with Crippen molar-refractivity contribution in [1.82, 2.24) is 10.2 Å². The average molecular weight is 504 g/mol. The maximum atomic E-state index is 13.7. The number of hydrogen-bond acceptors (Lipinski definition) is 5. The molecule has 0 unspecified atom stereocenters. The Labute approximate surface area is 209 Å². The van der Waals surface area contributed by atoms with Crippen LogP contribution in [0.1, 0.15) is 44.7 Å². The molecule has 9 heteroatoms. The molecular weight excluding hydrogens is 466 g/mol. The minimum atomic E-state index is -3.80. The van der Waals surface area contributed by atoms with Gasteiger partial charge in [-0.3, -0.25) is 13.9 Å². The Morgan fingerprint density at radius 2 is 1.74 bits per heavy atom. The first-order valence-electron chi connectivity index (χ1n) is 11.8. The predicted molar refractivity (Wildman–Crippen MR) is 139 cm³/mol. The van der Waals surface area contributed by atoms with Gasteiger partial charge in [-0.05, 0) is 44.4 Å². The van der Waals surface area contributed by atoms with Crippen molar-refractivity contribution in [3.8, 4) is 5.75 Å². The SMILES string of the molecule is CC[C@@H](C)NC(=O)[C@H](CC)N(Cc1cccc(C)c1)C(=O)CN(c1cccc(OC)c1)S(C)(=O)=O. The molecule has 0 fully saturated rings. The summed E-state index contributed by atoms with van der Waals surface area (Å²) >= 11 is 0. The molecule has 0 spiro atoms. The maximum Gasteiger partial charge on any atom is 0.244 e. The Balaban J connectivity index is 2.45. The molecule has 8 nitrogen and oxygen atoms in total. The molecule has 0 saturated carbocycles. The molecule has 35 heavy (non-hydrogen) atoms. The first-order valence-corrected chi connectivity index (χ1v) is 13.6. The number of rotatable bonds is 12. The number of sulfonamides is 1. The lowest BCUT2D eigenvalue weighted by atomic mass is 10.1. The summed E-state index contributed by atoms with van der Waals surface area (Å²) in [5, 5.41) is 2.96. The van der Waals surface area contributed by atoms with Crippen LogP contribution in [0.25, 0.3) is 0 Å². The fraction of sp³-hybridized carbons (Fsp3) is 0.462. The molecule has 192 valence electrons. The van der Waals surface area contributed by atoms with Gasteiger partial charge in [0, 0.05) is 18.7 Å². The van der Waals surface area contributed by atoms with E-state index in [1.807, 2.05) is 52.0 Å². The lowest BCUT2D eigenvalue weighted by molar-refractivity contribution is -0.140. The van der Waals surface area contributed by atoms with Crippen molar-refractivity contribution in [2.75, 3.05) is 24.2 Å². The molecule has 2 amide bonds. The number of benzene rings is 2. The summed E-state index contributed by atoms with van der Waals surface area (Å²) in [7, 11) is -2.31. The standard InChI is InChI=1S/C26H37N3O5S/c1-7-20(4)27-26(31)24(8-2)28(17-21-12-9-11-19(3)15-21)25(30)18-29(35(6,32)33)22-13-10-14-23(16-22)34-5/h9-16,20,24H,7-8,17-18H2,1-6H3,(H,27,31)/t20-,24+/m1/s1. The van der Waals surface area contributed by atoms with Crippen LogP contribution in [0.2, 0.25) is 0 Å². The molecule has 0 aromatic heterocycles. The number of aryl methyl sites for hydroxylation is 1. The van der Waals surface area contributed by atoms with Crippen LogP contribution in [0.4, 0.5) is 5.69 Å². The van der Waals surface area contributed by atoms with Gasteiger partial charge in [0.25, 0.3) is 0 Å². The highest BCUT2D eigenvalue weighted by atomic mass is 32.2. The van der Waals surface area contributed by atoms with Crippen molar-refractivity contribution in [3.63, 3.8) is 0 Å². The van der Waals surface area contributed by atoms with Gasteiger partial charge in [-0.25, -0.2) is 8.42 Å². The highest BCUT2D eigenvalue weighted by molar-refractivity contribution is 7.92. The average Bonchev–Trinajstić information content (AvgIpc) is 2.81. The van der Waals surface area contributed by atoms with Crippen molar-refractivity contribution in [3.05, 3.63) is 59.7 Å². The zero-order chi connectivity index (χ0) is 26.2. The van der Waals surface area contributed by atoms with Crippen LogP contribution in [0.3, 0.4) is 0 Å². The highest BCUT2D eigenvalue weighted by Crippen LogP contribution is 2.24. The van der Waals surface area contributed by atoms with E-state index >= 15 is 0 Å². The summed E-state index contributed by atoms with van der Waals surface area (Å²) in [6.07, 6.45) is 2.20. The number of carbonyl (C=O) groups is 2. The first kappa shape index (κ1) is 28.2. The molecular formula is C26H37N3O5S. The van der Waals surface area contributed by atoms with E-state index in [0.29, 0.717) is 17.9 Å². The van der Waals surface area contributed by atoms with Crippen LogP contribution in [-0.2, 0) is 26.2 Å². The third-order valence-electron chi connectivity index (χ3n) is 5.84. The van der Waals surface area contributed by atoms with Crippen LogP contribution >= 0.6 is 0 Å². The monoisotopic (exact) mass is 503 g/mol. The molecule has 2 aromatic carbocycles. The van der Waals surface area contributed by atoms with Crippen molar-refractivity contribution >= 4 is 27.5 Å². The van der Waals surface area contributed by atoms with Gasteiger partial charge in [0.05, 0.1) is 19.1 Å². The Morgan fingerprint density at radius 3 is 2.31 bits per heavy atom. The zero-order valence-electron chi connectivity index (χ0n) is 21.4. The first-order chi connectivity index (χ1) is 16.5. The van der Waals surface area contributed by atoms with Gasteiger partial charge in [-0.2, -0.15) is 0 Å². The predicted octanol–water partition coefficient (Wildman–Crippen LogP) is 3.49. The minimum absolute atomic E-state index is 0.0447. The summed E-state index contributed by atoms with van der Waals surface area (Å²) in [5.41, 5.74) is 2.20. The number of carbonyl (C=O) groups excluding carboxylic acids is 2. The normalized spacial score (nSPS) is 13.0. The van der Waals surface area contributed by atoms with Gasteiger partial charge in [0.15, 0.2) is 0 Å². The van der Waals surface area contributed by atoms with E-state index in [-0.39, 0.29) is 18.5 Å². The number of nitrogens with zero attached hydrogens (tertiary/aromatic N) is 2. The summed E-state index contributed by atoms with van der Waals surface area (Å²) in [6.45, 7) is 7.42. The van der Waals surface area contributed by atoms with Gasteiger partial charge >= 0.3 is 0 Å². The number of amides is 2. The Bertz CT molecular complexity index is 1120. The number of hydrogen-bond donors (Lipinski definition) is 1. The summed E-state index contributed by atoms with van der Waals surface area (Å²) < 4.78 is 31.6. The van der Waals surface area contributed by atoms with Crippen molar-refractivity contribution < 1.29 is 22.7 Å². The summed E-state index contributed by atoms with van der Waals surface area (Å²) in [5.74, 6) is -0.249. The molecule has 2 atom stereocenters. The molecule has 2 rings (SSSR count). The topological polar surface area (TPSA) is 96.0 Å². The van der Waals surface area contributed by atoms with Crippen molar-refractivity contribution in [2.24, 2.45) is 0 Å². The number of nitrogens with one attached hydrogen (secondary N) is 1. The van der Waals surface area contributed by atoms with Gasteiger partial charge in [-0.15, -0.1) is 0 Å². The molecule has 0 aliphatic heterocycles. The summed E-state index contributed by atoms with van der Waals surface area (Å²) in [4.78, 5) is 28.3. The fourth-order valence-electron chi connectivity index (χ4n) is 3.75. The smallest absolute Gasteiger partial charge is 0.244 e. The Hall–Kier alpha value is -3.07. The van der Waals surface area contributed by atoms with E-state index < -0.39 is 28.5 Å². The Morgan fingerprint density at radius 1 is 1.06 bits per heavy atom. The number of ether oxygens (including phenoxy) is 1. The highest BCUT2D eigenvalue weighted by Gasteiger charge is 2.32. The van der Waals surface area contributed by atoms with Gasteiger partial charge in [0.2, 0.25) is 21.8 Å². The van der Waals surface area contributed by atoms with Crippen LogP contribution in [0, 0.1) is 6.92 Å². The van der Waals surface area contributed by atoms with Gasteiger partial charge in [0.1, 0.15) is 18.3 Å². The van der Waals surface area contributed by atoms with Gasteiger partial charge < -0.3 is 15.0 Å². The van der Waals surface area contributed by atoms with Crippen LogP contribution in [0.5, 0.6) is 5.75 Å². The third-order valence-corrected chi connectivity index (χ3v) is 6.98. The van der Waals surface area contributed by atoms with E-state index in [2.05, 4.69) is 5.32 Å². The second-order valence-electron chi connectivity index (χ2n) is 8.72. The maximum absolute atomic E-state index is 13.7. The number of anilines is 1. The molecule has 0 saturated heterocycles. The Kier molecular flexibility index (Phi) is 10.1. The fourth-order valence-corrected chi connectivity index (χ4v) is 4.59. The molecule has 0 bridgehead atoms.